The second kappa shape index (κ2) is 7.40. The lowest BCUT2D eigenvalue weighted by Crippen LogP contribution is -2.32. The van der Waals surface area contributed by atoms with Gasteiger partial charge in [0.05, 0.1) is 0 Å². The summed E-state index contributed by atoms with van der Waals surface area (Å²) >= 11 is 0. The van der Waals surface area contributed by atoms with Crippen molar-refractivity contribution in [1.29, 1.82) is 0 Å². The lowest BCUT2D eigenvalue weighted by molar-refractivity contribution is -0.117. The highest BCUT2D eigenvalue weighted by atomic mass is 16.2. The van der Waals surface area contributed by atoms with Crippen LogP contribution < -0.4 is 16.4 Å². The smallest absolute Gasteiger partial charge is 0.249 e. The van der Waals surface area contributed by atoms with Crippen molar-refractivity contribution in [3.63, 3.8) is 0 Å². The number of primary amides is 1. The van der Waals surface area contributed by atoms with E-state index in [9.17, 15) is 9.59 Å². The van der Waals surface area contributed by atoms with Crippen LogP contribution in [0.25, 0.3) is 0 Å². The predicted molar refractivity (Wildman–Crippen MR) is 87.7 cm³/mol. The largest absolute Gasteiger partial charge is 0.366 e. The van der Waals surface area contributed by atoms with E-state index in [1.807, 2.05) is 6.92 Å². The zero-order chi connectivity index (χ0) is 16.1. The molecule has 0 radical (unpaired) electrons. The lowest BCUT2D eigenvalue weighted by Gasteiger charge is -2.27. The molecule has 1 atom stereocenters. The summed E-state index contributed by atoms with van der Waals surface area (Å²) in [6.45, 7) is 6.04. The first kappa shape index (κ1) is 16.5. The molecular weight excluding hydrogens is 278 g/mol. The Labute approximate surface area is 131 Å². The van der Waals surface area contributed by atoms with Crippen LogP contribution in [0.2, 0.25) is 0 Å². The van der Waals surface area contributed by atoms with Gasteiger partial charge in [0, 0.05) is 17.7 Å². The molecule has 2 rings (SSSR count). The number of piperidine rings is 1. The molecule has 4 N–H and O–H groups in total. The summed E-state index contributed by atoms with van der Waals surface area (Å²) in [5.74, 6) is 0.483. The molecule has 1 aliphatic rings. The van der Waals surface area contributed by atoms with Crippen LogP contribution in [0.4, 0.5) is 5.69 Å². The average molecular weight is 303 g/mol. The number of nitrogens with two attached hydrogens (primary N) is 1. The third-order valence-corrected chi connectivity index (χ3v) is 4.48. The van der Waals surface area contributed by atoms with Gasteiger partial charge in [0.15, 0.2) is 0 Å². The highest BCUT2D eigenvalue weighted by Crippen LogP contribution is 2.25. The molecule has 1 saturated heterocycles. The van der Waals surface area contributed by atoms with E-state index in [0.29, 0.717) is 29.5 Å². The van der Waals surface area contributed by atoms with E-state index in [-0.39, 0.29) is 5.91 Å². The molecule has 0 bridgehead atoms. The van der Waals surface area contributed by atoms with E-state index in [1.165, 1.54) is 0 Å². The summed E-state index contributed by atoms with van der Waals surface area (Å²) in [5, 5.41) is 6.21. The number of anilines is 1. The molecule has 0 saturated carbocycles. The maximum atomic E-state index is 12.2. The van der Waals surface area contributed by atoms with Gasteiger partial charge in [0.1, 0.15) is 0 Å². The monoisotopic (exact) mass is 303 g/mol. The molecule has 22 heavy (non-hydrogen) atoms. The number of nitrogens with one attached hydrogen (secondary N) is 2. The van der Waals surface area contributed by atoms with Gasteiger partial charge >= 0.3 is 0 Å². The Morgan fingerprint density at radius 3 is 2.68 bits per heavy atom. The minimum Gasteiger partial charge on any atom is -0.366 e. The minimum atomic E-state index is -0.475. The molecule has 0 spiro atoms. The fourth-order valence-electron chi connectivity index (χ4n) is 3.05. The highest BCUT2D eigenvalue weighted by molar-refractivity contribution is 5.97. The molecule has 1 fully saturated rings. The lowest BCUT2D eigenvalue weighted by atomic mass is 9.84. The van der Waals surface area contributed by atoms with E-state index in [2.05, 4.69) is 17.6 Å². The van der Waals surface area contributed by atoms with E-state index in [4.69, 9.17) is 5.73 Å². The van der Waals surface area contributed by atoms with Crippen LogP contribution in [0.5, 0.6) is 0 Å². The first-order valence-corrected chi connectivity index (χ1v) is 7.88. The Hall–Kier alpha value is -1.88. The molecule has 5 nitrogen and oxygen atoms in total. The molecule has 1 heterocycles. The fraction of sp³-hybridized carbons (Fsp3) is 0.529. The molecule has 5 heteroatoms. The Morgan fingerprint density at radius 1 is 1.36 bits per heavy atom. The third-order valence-electron chi connectivity index (χ3n) is 4.48. The SMILES string of the molecule is Cc1ccc(NC(=O)CC(C)C2CCNCC2)cc1C(N)=O. The molecule has 0 aliphatic carbocycles. The molecule has 2 amide bonds. The van der Waals surface area contributed by atoms with Crippen molar-refractivity contribution in [3.05, 3.63) is 29.3 Å². The summed E-state index contributed by atoms with van der Waals surface area (Å²) < 4.78 is 0. The van der Waals surface area contributed by atoms with Crippen LogP contribution in [0.15, 0.2) is 18.2 Å². The summed E-state index contributed by atoms with van der Waals surface area (Å²) in [6.07, 6.45) is 2.76. The zero-order valence-electron chi connectivity index (χ0n) is 13.3. The van der Waals surface area contributed by atoms with Gasteiger partial charge in [-0.25, -0.2) is 0 Å². The number of aryl methyl sites for hydroxylation is 1. The fourth-order valence-corrected chi connectivity index (χ4v) is 3.05. The number of carbonyl (C=O) groups is 2. The van der Waals surface area contributed by atoms with Crippen LogP contribution in [0.3, 0.4) is 0 Å². The van der Waals surface area contributed by atoms with Crippen molar-refractivity contribution in [1.82, 2.24) is 5.32 Å². The topological polar surface area (TPSA) is 84.2 Å². The van der Waals surface area contributed by atoms with Gasteiger partial charge < -0.3 is 16.4 Å². The summed E-state index contributed by atoms with van der Waals surface area (Å²) in [7, 11) is 0. The Morgan fingerprint density at radius 2 is 2.05 bits per heavy atom. The average Bonchev–Trinajstić information content (AvgIpc) is 2.49. The van der Waals surface area contributed by atoms with E-state index in [1.54, 1.807) is 18.2 Å². The Bertz CT molecular complexity index is 551. The van der Waals surface area contributed by atoms with Crippen molar-refractivity contribution >= 4 is 17.5 Å². The van der Waals surface area contributed by atoms with Crippen LogP contribution >= 0.6 is 0 Å². The maximum Gasteiger partial charge on any atom is 0.249 e. The quantitative estimate of drug-likeness (QED) is 0.778. The second-order valence-electron chi connectivity index (χ2n) is 6.21. The number of amides is 2. The summed E-state index contributed by atoms with van der Waals surface area (Å²) in [4.78, 5) is 23.5. The van der Waals surface area contributed by atoms with Crippen molar-refractivity contribution in [2.75, 3.05) is 18.4 Å². The summed E-state index contributed by atoms with van der Waals surface area (Å²) in [5.41, 5.74) is 7.22. The summed E-state index contributed by atoms with van der Waals surface area (Å²) in [6, 6.07) is 5.24. The van der Waals surface area contributed by atoms with Gasteiger partial charge in [-0.15, -0.1) is 0 Å². The van der Waals surface area contributed by atoms with E-state index < -0.39 is 5.91 Å². The molecule has 1 aromatic rings. The van der Waals surface area contributed by atoms with Crippen LogP contribution in [-0.2, 0) is 4.79 Å². The normalized spacial score (nSPS) is 17.0. The van der Waals surface area contributed by atoms with Gasteiger partial charge in [-0.1, -0.05) is 13.0 Å². The molecule has 1 aromatic carbocycles. The van der Waals surface area contributed by atoms with E-state index in [0.717, 1.165) is 31.5 Å². The van der Waals surface area contributed by atoms with E-state index >= 15 is 0 Å². The Kier molecular flexibility index (Phi) is 5.55. The Balaban J connectivity index is 1.94. The third kappa shape index (κ3) is 4.31. The zero-order valence-corrected chi connectivity index (χ0v) is 13.3. The predicted octanol–water partition coefficient (Wildman–Crippen LogP) is 2.06. The number of hydrogen-bond donors (Lipinski definition) is 3. The van der Waals surface area contributed by atoms with Gasteiger partial charge in [-0.3, -0.25) is 9.59 Å². The van der Waals surface area contributed by atoms with Crippen molar-refractivity contribution < 1.29 is 9.59 Å². The number of carbonyl (C=O) groups excluding carboxylic acids is 2. The highest BCUT2D eigenvalue weighted by Gasteiger charge is 2.22. The number of hydrogen-bond acceptors (Lipinski definition) is 3. The molecule has 1 unspecified atom stereocenters. The van der Waals surface area contributed by atoms with Crippen LogP contribution in [0.1, 0.15) is 42.1 Å². The van der Waals surface area contributed by atoms with Gasteiger partial charge in [-0.05, 0) is 62.4 Å². The number of benzene rings is 1. The standard InChI is InChI=1S/C17H25N3O2/c1-11-3-4-14(10-15(11)17(18)22)20-16(21)9-12(2)13-5-7-19-8-6-13/h3-4,10,12-13,19H,5-9H2,1-2H3,(H2,18,22)(H,20,21). The second-order valence-corrected chi connectivity index (χ2v) is 6.21. The first-order valence-electron chi connectivity index (χ1n) is 7.88. The minimum absolute atomic E-state index is 0.00898. The van der Waals surface area contributed by atoms with Crippen LogP contribution in [-0.4, -0.2) is 24.9 Å². The van der Waals surface area contributed by atoms with Crippen molar-refractivity contribution in [2.45, 2.75) is 33.1 Å². The van der Waals surface area contributed by atoms with Gasteiger partial charge in [0.25, 0.3) is 0 Å². The van der Waals surface area contributed by atoms with Gasteiger partial charge in [-0.2, -0.15) is 0 Å². The first-order chi connectivity index (χ1) is 10.5. The van der Waals surface area contributed by atoms with Crippen LogP contribution in [0, 0.1) is 18.8 Å². The van der Waals surface area contributed by atoms with Crippen molar-refractivity contribution in [2.24, 2.45) is 17.6 Å². The molecule has 1 aliphatic heterocycles. The molecule has 120 valence electrons. The van der Waals surface area contributed by atoms with Crippen molar-refractivity contribution in [3.8, 4) is 0 Å². The maximum absolute atomic E-state index is 12.2. The molecule has 0 aromatic heterocycles. The van der Waals surface area contributed by atoms with Gasteiger partial charge in [0.2, 0.25) is 11.8 Å². The molecular formula is C17H25N3O2. The number of rotatable bonds is 5.